The predicted molar refractivity (Wildman–Crippen MR) is 107 cm³/mol. The van der Waals surface area contributed by atoms with Crippen molar-refractivity contribution in [2.24, 2.45) is 0 Å². The van der Waals surface area contributed by atoms with Crippen molar-refractivity contribution in [2.75, 3.05) is 19.8 Å². The van der Waals surface area contributed by atoms with Crippen molar-refractivity contribution in [1.29, 1.82) is 0 Å². The Bertz CT molecular complexity index is 800. The maximum Gasteiger partial charge on any atom is 0.537 e. The molecule has 0 saturated heterocycles. The summed E-state index contributed by atoms with van der Waals surface area (Å²) in [5.74, 6) is -0.516. The summed E-state index contributed by atoms with van der Waals surface area (Å²) in [7, 11) is -2.97. The third-order valence-corrected chi connectivity index (χ3v) is 7.58. The van der Waals surface area contributed by atoms with E-state index in [-0.39, 0.29) is 18.4 Å². The van der Waals surface area contributed by atoms with E-state index in [2.05, 4.69) is 0 Å². The molecule has 3 rings (SSSR count). The summed E-state index contributed by atoms with van der Waals surface area (Å²) in [6.07, 6.45) is 0. The predicted octanol–water partition coefficient (Wildman–Crippen LogP) is 2.74. The van der Waals surface area contributed by atoms with Gasteiger partial charge in [-0.15, -0.1) is 0 Å². The quantitative estimate of drug-likeness (QED) is 0.479. The lowest BCUT2D eigenvalue weighted by molar-refractivity contribution is 0.0641. The first-order valence-electron chi connectivity index (χ1n) is 9.52. The van der Waals surface area contributed by atoms with Crippen LogP contribution in [0.4, 0.5) is 0 Å². The molecule has 0 radical (unpaired) electrons. The maximum absolute atomic E-state index is 12.5. The summed E-state index contributed by atoms with van der Waals surface area (Å²) in [4.78, 5) is 26.4. The van der Waals surface area contributed by atoms with Crippen molar-refractivity contribution in [3.8, 4) is 0 Å². The minimum atomic E-state index is -2.97. The van der Waals surface area contributed by atoms with Crippen molar-refractivity contribution in [1.82, 2.24) is 4.90 Å². The molecule has 0 saturated carbocycles. The number of nitrogens with zero attached hydrogens (tertiary/aromatic N) is 1. The topological polar surface area (TPSA) is 65.1 Å². The Morgan fingerprint density at radius 1 is 0.750 bits per heavy atom. The molecule has 1 aliphatic heterocycles. The highest BCUT2D eigenvalue weighted by Gasteiger charge is 2.43. The summed E-state index contributed by atoms with van der Waals surface area (Å²) in [5.41, 5.74) is 1.77. The highest BCUT2D eigenvalue weighted by molar-refractivity contribution is 6.75. The molecular formula is C21H25NO5Si. The monoisotopic (exact) mass is 399 g/mol. The van der Waals surface area contributed by atoms with Crippen LogP contribution in [0.15, 0.2) is 48.5 Å². The summed E-state index contributed by atoms with van der Waals surface area (Å²) in [6, 6.07) is 14.5. The molecule has 0 aromatic heterocycles. The normalized spacial score (nSPS) is 13.9. The second kappa shape index (κ2) is 8.79. The van der Waals surface area contributed by atoms with Crippen LogP contribution in [0, 0.1) is 0 Å². The van der Waals surface area contributed by atoms with E-state index >= 15 is 0 Å². The molecule has 2 aromatic carbocycles. The van der Waals surface area contributed by atoms with Gasteiger partial charge in [0.1, 0.15) is 0 Å². The molecule has 2 aromatic rings. The molecule has 0 unspecified atom stereocenters. The van der Waals surface area contributed by atoms with Gasteiger partial charge in [0.15, 0.2) is 0 Å². The van der Waals surface area contributed by atoms with E-state index < -0.39 is 8.80 Å². The Hall–Kier alpha value is -2.32. The molecule has 1 aliphatic rings. The Kier molecular flexibility index (Phi) is 6.41. The molecule has 0 fully saturated rings. The number of carbonyl (C=O) groups is 2. The molecule has 0 atom stereocenters. The minimum Gasteiger partial charge on any atom is -0.370 e. The van der Waals surface area contributed by atoms with Crippen LogP contribution in [-0.4, -0.2) is 45.3 Å². The van der Waals surface area contributed by atoms with E-state index in [1.165, 1.54) is 4.90 Å². The third kappa shape index (κ3) is 3.79. The Labute approximate surface area is 166 Å². The van der Waals surface area contributed by atoms with Gasteiger partial charge in [-0.3, -0.25) is 14.5 Å². The van der Waals surface area contributed by atoms with Crippen molar-refractivity contribution >= 4 is 25.8 Å². The van der Waals surface area contributed by atoms with Crippen LogP contribution in [0.3, 0.4) is 0 Å². The molecule has 0 spiro atoms. The zero-order valence-electron chi connectivity index (χ0n) is 16.4. The van der Waals surface area contributed by atoms with Gasteiger partial charge >= 0.3 is 8.80 Å². The Balaban J connectivity index is 1.81. The average Bonchev–Trinajstić information content (AvgIpc) is 2.94. The van der Waals surface area contributed by atoms with Gasteiger partial charge in [0.2, 0.25) is 0 Å². The maximum atomic E-state index is 12.5. The van der Waals surface area contributed by atoms with Gasteiger partial charge in [0.05, 0.1) is 17.7 Å². The molecule has 6 nitrogen and oxygen atoms in total. The van der Waals surface area contributed by atoms with Gasteiger partial charge in [0, 0.05) is 25.0 Å². The van der Waals surface area contributed by atoms with E-state index in [9.17, 15) is 9.59 Å². The zero-order valence-corrected chi connectivity index (χ0v) is 17.4. The van der Waals surface area contributed by atoms with E-state index in [1.54, 1.807) is 24.3 Å². The molecule has 148 valence electrons. The Morgan fingerprint density at radius 3 is 1.64 bits per heavy atom. The second-order valence-electron chi connectivity index (χ2n) is 6.29. The first-order chi connectivity index (χ1) is 13.6. The molecule has 0 aliphatic carbocycles. The van der Waals surface area contributed by atoms with Crippen molar-refractivity contribution in [3.63, 3.8) is 0 Å². The van der Waals surface area contributed by atoms with Crippen LogP contribution in [0.2, 0.25) is 0 Å². The number of amides is 2. The number of fused-ring (bicyclic) bond motifs is 1. The van der Waals surface area contributed by atoms with E-state index in [0.29, 0.717) is 30.9 Å². The van der Waals surface area contributed by atoms with Crippen LogP contribution < -0.4 is 5.19 Å². The van der Waals surface area contributed by atoms with Crippen LogP contribution in [0.25, 0.3) is 0 Å². The molecule has 0 bridgehead atoms. The lowest BCUT2D eigenvalue weighted by Gasteiger charge is -2.28. The smallest absolute Gasteiger partial charge is 0.370 e. The van der Waals surface area contributed by atoms with Gasteiger partial charge in [-0.05, 0) is 38.5 Å². The second-order valence-corrected chi connectivity index (χ2v) is 8.85. The minimum absolute atomic E-state index is 0.221. The fourth-order valence-corrected chi connectivity index (χ4v) is 5.79. The van der Waals surface area contributed by atoms with Crippen LogP contribution in [-0.2, 0) is 19.8 Å². The first kappa shape index (κ1) is 20.4. The SMILES string of the molecule is CCO[Si](OCC)(OCC)c1ccc(CN2C(=O)c3ccccc3C2=O)cc1. The average molecular weight is 400 g/mol. The van der Waals surface area contributed by atoms with Crippen LogP contribution in [0.1, 0.15) is 47.1 Å². The number of rotatable bonds is 9. The summed E-state index contributed by atoms with van der Waals surface area (Å²) >= 11 is 0. The van der Waals surface area contributed by atoms with Gasteiger partial charge in [0.25, 0.3) is 11.8 Å². The van der Waals surface area contributed by atoms with E-state index in [0.717, 1.165) is 10.8 Å². The molecule has 28 heavy (non-hydrogen) atoms. The van der Waals surface area contributed by atoms with Crippen molar-refractivity contribution < 1.29 is 22.9 Å². The molecule has 2 amide bonds. The summed E-state index contributed by atoms with van der Waals surface area (Å²) in [5, 5.41) is 0.865. The van der Waals surface area contributed by atoms with Crippen molar-refractivity contribution in [2.45, 2.75) is 27.3 Å². The first-order valence-corrected chi connectivity index (χ1v) is 11.2. The number of hydrogen-bond acceptors (Lipinski definition) is 5. The van der Waals surface area contributed by atoms with Crippen molar-refractivity contribution in [3.05, 3.63) is 65.2 Å². The molecular weight excluding hydrogens is 374 g/mol. The molecule has 1 heterocycles. The highest BCUT2D eigenvalue weighted by atomic mass is 28.4. The van der Waals surface area contributed by atoms with Gasteiger partial charge < -0.3 is 13.3 Å². The van der Waals surface area contributed by atoms with Crippen LogP contribution in [0.5, 0.6) is 0 Å². The van der Waals surface area contributed by atoms with E-state index in [4.69, 9.17) is 13.3 Å². The number of imide groups is 1. The van der Waals surface area contributed by atoms with E-state index in [1.807, 2.05) is 45.0 Å². The fourth-order valence-electron chi connectivity index (χ4n) is 3.32. The summed E-state index contributed by atoms with van der Waals surface area (Å²) < 4.78 is 17.8. The lowest BCUT2D eigenvalue weighted by Crippen LogP contribution is -2.56. The summed E-state index contributed by atoms with van der Waals surface area (Å²) in [6.45, 7) is 7.43. The Morgan fingerprint density at radius 2 is 1.21 bits per heavy atom. The number of carbonyl (C=O) groups excluding carboxylic acids is 2. The largest absolute Gasteiger partial charge is 0.537 e. The standard InChI is InChI=1S/C21H25NO5Si/c1-4-25-28(26-5-2,27-6-3)17-13-11-16(12-14-17)15-22-20(23)18-9-7-8-10-19(18)21(22)24/h7-14H,4-6,15H2,1-3H3. The fraction of sp³-hybridized carbons (Fsp3) is 0.333. The lowest BCUT2D eigenvalue weighted by atomic mass is 10.1. The number of benzene rings is 2. The van der Waals surface area contributed by atoms with Gasteiger partial charge in [-0.2, -0.15) is 0 Å². The van der Waals surface area contributed by atoms with Crippen LogP contribution >= 0.6 is 0 Å². The third-order valence-electron chi connectivity index (χ3n) is 4.53. The molecule has 0 N–H and O–H groups in total. The zero-order chi connectivity index (χ0) is 20.1. The highest BCUT2D eigenvalue weighted by Crippen LogP contribution is 2.24. The van der Waals surface area contributed by atoms with Gasteiger partial charge in [-0.1, -0.05) is 36.4 Å². The van der Waals surface area contributed by atoms with Gasteiger partial charge in [-0.25, -0.2) is 0 Å². The number of hydrogen-bond donors (Lipinski definition) is 0. The molecule has 7 heteroatoms.